The summed E-state index contributed by atoms with van der Waals surface area (Å²) in [5.74, 6) is -0.185. The summed E-state index contributed by atoms with van der Waals surface area (Å²) < 4.78 is 55.8. The van der Waals surface area contributed by atoms with Gasteiger partial charge in [0.05, 0.1) is 24.8 Å². The number of hydrogen-bond acceptors (Lipinski definition) is 7. The van der Waals surface area contributed by atoms with Crippen molar-refractivity contribution in [1.82, 2.24) is 15.5 Å². The Balaban J connectivity index is 1.68. The number of benzene rings is 1. The molecule has 0 bridgehead atoms. The van der Waals surface area contributed by atoms with Crippen LogP contribution >= 0.6 is 0 Å². The molecule has 1 fully saturated rings. The van der Waals surface area contributed by atoms with Crippen LogP contribution in [0.25, 0.3) is 11.4 Å². The van der Waals surface area contributed by atoms with Crippen LogP contribution in [0.15, 0.2) is 22.7 Å². The highest BCUT2D eigenvalue weighted by molar-refractivity contribution is 5.65. The Hall–Kier alpha value is -2.62. The average Bonchev–Trinajstić information content (AvgIpc) is 3.34. The Morgan fingerprint density at radius 2 is 2.10 bits per heavy atom. The SMILES string of the molecule is CC(=O)OCCCCOc1ccc(-c2noc(C3CCCN3)n2)cc1C(F)(F)F. The van der Waals surface area contributed by atoms with E-state index in [1.54, 1.807) is 0 Å². The van der Waals surface area contributed by atoms with Gasteiger partial charge in [-0.25, -0.2) is 0 Å². The van der Waals surface area contributed by atoms with Crippen molar-refractivity contribution in [3.05, 3.63) is 29.7 Å². The maximum absolute atomic E-state index is 13.5. The molecule has 1 aliphatic heterocycles. The van der Waals surface area contributed by atoms with E-state index in [2.05, 4.69) is 15.5 Å². The fourth-order valence-electron chi connectivity index (χ4n) is 3.01. The first-order valence-corrected chi connectivity index (χ1v) is 9.39. The summed E-state index contributed by atoms with van der Waals surface area (Å²) in [6.45, 7) is 2.42. The van der Waals surface area contributed by atoms with Crippen LogP contribution in [0.3, 0.4) is 0 Å². The van der Waals surface area contributed by atoms with E-state index >= 15 is 0 Å². The first-order valence-electron chi connectivity index (χ1n) is 9.39. The van der Waals surface area contributed by atoms with Gasteiger partial charge in [-0.05, 0) is 50.4 Å². The molecule has 1 N–H and O–H groups in total. The van der Waals surface area contributed by atoms with Crippen LogP contribution in [-0.2, 0) is 15.7 Å². The predicted octanol–water partition coefficient (Wildman–Crippen LogP) is 3.90. The van der Waals surface area contributed by atoms with Gasteiger partial charge >= 0.3 is 12.1 Å². The van der Waals surface area contributed by atoms with E-state index in [0.717, 1.165) is 25.5 Å². The second kappa shape index (κ2) is 9.25. The van der Waals surface area contributed by atoms with Crippen molar-refractivity contribution < 1.29 is 32.0 Å². The van der Waals surface area contributed by atoms with Gasteiger partial charge in [0, 0.05) is 12.5 Å². The highest BCUT2D eigenvalue weighted by Gasteiger charge is 2.35. The summed E-state index contributed by atoms with van der Waals surface area (Å²) in [7, 11) is 0. The predicted molar refractivity (Wildman–Crippen MR) is 96.1 cm³/mol. The fourth-order valence-corrected chi connectivity index (χ4v) is 3.01. The Kier molecular flexibility index (Phi) is 6.73. The molecule has 29 heavy (non-hydrogen) atoms. The monoisotopic (exact) mass is 413 g/mol. The van der Waals surface area contributed by atoms with Gasteiger partial charge in [0.1, 0.15) is 5.75 Å². The number of unbranched alkanes of at least 4 members (excludes halogenated alkanes) is 1. The summed E-state index contributed by atoms with van der Waals surface area (Å²) in [4.78, 5) is 14.9. The molecule has 7 nitrogen and oxygen atoms in total. The minimum Gasteiger partial charge on any atom is -0.493 e. The number of carbonyl (C=O) groups is 1. The third-order valence-corrected chi connectivity index (χ3v) is 4.44. The van der Waals surface area contributed by atoms with E-state index in [9.17, 15) is 18.0 Å². The van der Waals surface area contributed by atoms with Crippen molar-refractivity contribution >= 4 is 5.97 Å². The van der Waals surface area contributed by atoms with Crippen LogP contribution in [-0.4, -0.2) is 35.9 Å². The molecule has 1 aliphatic rings. The normalized spacial score (nSPS) is 16.8. The average molecular weight is 413 g/mol. The van der Waals surface area contributed by atoms with E-state index in [1.807, 2.05) is 0 Å². The van der Waals surface area contributed by atoms with Crippen LogP contribution in [0, 0.1) is 0 Å². The van der Waals surface area contributed by atoms with Crippen LogP contribution < -0.4 is 10.1 Å². The third-order valence-electron chi connectivity index (χ3n) is 4.44. The van der Waals surface area contributed by atoms with Crippen molar-refractivity contribution in [3.8, 4) is 17.1 Å². The molecule has 1 saturated heterocycles. The number of halogens is 3. The highest BCUT2D eigenvalue weighted by Crippen LogP contribution is 2.38. The summed E-state index contributed by atoms with van der Waals surface area (Å²) in [6, 6.07) is 3.63. The van der Waals surface area contributed by atoms with Crippen molar-refractivity contribution in [3.63, 3.8) is 0 Å². The van der Waals surface area contributed by atoms with E-state index < -0.39 is 17.7 Å². The number of aromatic nitrogens is 2. The topological polar surface area (TPSA) is 86.5 Å². The molecule has 0 saturated carbocycles. The number of carbonyl (C=O) groups excluding carboxylic acids is 1. The minimum absolute atomic E-state index is 0.0621. The maximum Gasteiger partial charge on any atom is 0.419 e. The molecule has 2 aromatic rings. The van der Waals surface area contributed by atoms with E-state index in [-0.39, 0.29) is 36.4 Å². The van der Waals surface area contributed by atoms with Gasteiger partial charge < -0.3 is 19.3 Å². The zero-order valence-electron chi connectivity index (χ0n) is 15.9. The molecule has 3 rings (SSSR count). The minimum atomic E-state index is -4.59. The third kappa shape index (κ3) is 5.69. The molecule has 1 aromatic heterocycles. The summed E-state index contributed by atoms with van der Waals surface area (Å²) >= 11 is 0. The van der Waals surface area contributed by atoms with Crippen molar-refractivity contribution in [2.45, 2.75) is 44.8 Å². The number of alkyl halides is 3. The quantitative estimate of drug-likeness (QED) is 0.519. The lowest BCUT2D eigenvalue weighted by Gasteiger charge is -2.14. The Morgan fingerprint density at radius 1 is 1.31 bits per heavy atom. The molecule has 0 spiro atoms. The first-order chi connectivity index (χ1) is 13.8. The highest BCUT2D eigenvalue weighted by atomic mass is 19.4. The van der Waals surface area contributed by atoms with Crippen LogP contribution in [0.1, 0.15) is 50.1 Å². The molecule has 0 aliphatic carbocycles. The van der Waals surface area contributed by atoms with Gasteiger partial charge in [-0.2, -0.15) is 18.2 Å². The fraction of sp³-hybridized carbons (Fsp3) is 0.526. The van der Waals surface area contributed by atoms with Gasteiger partial charge in [-0.3, -0.25) is 4.79 Å². The molecule has 1 aromatic carbocycles. The molecule has 0 radical (unpaired) electrons. The molecular formula is C19H22F3N3O4. The van der Waals surface area contributed by atoms with Crippen LogP contribution in [0.2, 0.25) is 0 Å². The van der Waals surface area contributed by atoms with Gasteiger partial charge in [0.25, 0.3) is 0 Å². The van der Waals surface area contributed by atoms with E-state index in [0.29, 0.717) is 18.7 Å². The lowest BCUT2D eigenvalue weighted by molar-refractivity contribution is -0.141. The molecule has 158 valence electrons. The van der Waals surface area contributed by atoms with Crippen LogP contribution in [0.5, 0.6) is 5.75 Å². The van der Waals surface area contributed by atoms with Gasteiger partial charge in [0.2, 0.25) is 11.7 Å². The first kappa shape index (κ1) is 21.1. The molecule has 0 amide bonds. The largest absolute Gasteiger partial charge is 0.493 e. The molecule has 10 heteroatoms. The standard InChI is InChI=1S/C19H22F3N3O4/c1-12(26)27-9-2-3-10-28-16-7-6-13(11-14(16)19(20,21)22)17-24-18(29-25-17)15-5-4-8-23-15/h6-7,11,15,23H,2-5,8-10H2,1H3. The van der Waals surface area contributed by atoms with Gasteiger partial charge in [0.15, 0.2) is 0 Å². The Bertz CT molecular complexity index is 832. The zero-order valence-corrected chi connectivity index (χ0v) is 15.9. The van der Waals surface area contributed by atoms with E-state index in [1.165, 1.54) is 19.1 Å². The zero-order chi connectivity index (χ0) is 20.9. The second-order valence-electron chi connectivity index (χ2n) is 6.71. The number of rotatable bonds is 8. The van der Waals surface area contributed by atoms with Crippen molar-refractivity contribution in [2.24, 2.45) is 0 Å². The lowest BCUT2D eigenvalue weighted by atomic mass is 10.1. The number of esters is 1. The van der Waals surface area contributed by atoms with Crippen LogP contribution in [0.4, 0.5) is 13.2 Å². The molecule has 1 unspecified atom stereocenters. The van der Waals surface area contributed by atoms with Crippen molar-refractivity contribution in [1.29, 1.82) is 0 Å². The molecular weight excluding hydrogens is 391 g/mol. The number of hydrogen-bond donors (Lipinski definition) is 1. The van der Waals surface area contributed by atoms with Gasteiger partial charge in [-0.15, -0.1) is 0 Å². The number of nitrogens with one attached hydrogen (secondary N) is 1. The number of nitrogens with zero attached hydrogens (tertiary/aromatic N) is 2. The second-order valence-corrected chi connectivity index (χ2v) is 6.71. The summed E-state index contributed by atoms with van der Waals surface area (Å²) in [5.41, 5.74) is -0.701. The van der Waals surface area contributed by atoms with Crippen molar-refractivity contribution in [2.75, 3.05) is 19.8 Å². The summed E-state index contributed by atoms with van der Waals surface area (Å²) in [5, 5.41) is 7.02. The Labute approximate surface area is 165 Å². The Morgan fingerprint density at radius 3 is 2.79 bits per heavy atom. The maximum atomic E-state index is 13.5. The number of ether oxygens (including phenoxy) is 2. The van der Waals surface area contributed by atoms with E-state index in [4.69, 9.17) is 14.0 Å². The molecule has 1 atom stereocenters. The lowest BCUT2D eigenvalue weighted by Crippen LogP contribution is -2.13. The summed E-state index contributed by atoms with van der Waals surface area (Å²) in [6.07, 6.45) is -1.81. The molecule has 2 heterocycles. The smallest absolute Gasteiger partial charge is 0.419 e. The van der Waals surface area contributed by atoms with Gasteiger partial charge in [-0.1, -0.05) is 5.16 Å².